The van der Waals surface area contributed by atoms with E-state index in [1.165, 1.54) is 0 Å². The average molecular weight is 417 g/mol. The number of rotatable bonds is 7. The highest BCUT2D eigenvalue weighted by Gasteiger charge is 2.27. The van der Waals surface area contributed by atoms with Gasteiger partial charge in [-0.05, 0) is 42.7 Å². The van der Waals surface area contributed by atoms with Crippen molar-refractivity contribution in [3.63, 3.8) is 0 Å². The van der Waals surface area contributed by atoms with Crippen LogP contribution in [0.4, 0.5) is 0 Å². The van der Waals surface area contributed by atoms with Crippen molar-refractivity contribution in [2.24, 2.45) is 5.92 Å². The van der Waals surface area contributed by atoms with Gasteiger partial charge >= 0.3 is 0 Å². The molecule has 0 aliphatic heterocycles. The van der Waals surface area contributed by atoms with E-state index in [-0.39, 0.29) is 23.8 Å². The minimum Gasteiger partial charge on any atom is -0.348 e. The van der Waals surface area contributed by atoms with Gasteiger partial charge in [0.2, 0.25) is 5.91 Å². The highest BCUT2D eigenvalue weighted by atomic mass is 79.9. The molecule has 3 unspecified atom stereocenters. The fraction of sp³-hybridized carbons (Fsp3) is 0.333. The second kappa shape index (κ2) is 9.53. The molecule has 26 heavy (non-hydrogen) atoms. The Morgan fingerprint density at radius 2 is 1.58 bits per heavy atom. The predicted molar refractivity (Wildman–Crippen MR) is 108 cm³/mol. The van der Waals surface area contributed by atoms with Crippen LogP contribution in [0.25, 0.3) is 0 Å². The standard InChI is InChI=1S/C21H25BrN2O2/c1-4-14(2)19(24-20(25)17-8-6-5-7-9-17)21(26)23-15(3)16-10-12-18(22)13-11-16/h5-15,19H,4H2,1-3H3,(H,23,26)(H,24,25). The highest BCUT2D eigenvalue weighted by molar-refractivity contribution is 9.10. The highest BCUT2D eigenvalue weighted by Crippen LogP contribution is 2.18. The molecule has 0 aromatic heterocycles. The van der Waals surface area contributed by atoms with Crippen LogP contribution in [-0.2, 0) is 4.79 Å². The number of carbonyl (C=O) groups is 2. The van der Waals surface area contributed by atoms with Crippen LogP contribution in [0, 0.1) is 5.92 Å². The second-order valence-corrected chi connectivity index (χ2v) is 7.40. The Hall–Kier alpha value is -2.14. The van der Waals surface area contributed by atoms with Crippen LogP contribution in [0.5, 0.6) is 0 Å². The maximum absolute atomic E-state index is 12.8. The number of nitrogens with one attached hydrogen (secondary N) is 2. The first kappa shape index (κ1) is 20.2. The molecule has 0 radical (unpaired) electrons. The topological polar surface area (TPSA) is 58.2 Å². The first-order chi connectivity index (χ1) is 12.4. The number of amides is 2. The maximum atomic E-state index is 12.8. The third-order valence-corrected chi connectivity index (χ3v) is 5.08. The molecule has 0 saturated heterocycles. The molecule has 4 nitrogen and oxygen atoms in total. The molecule has 0 spiro atoms. The Kier molecular flexibility index (Phi) is 7.39. The van der Waals surface area contributed by atoms with E-state index in [1.807, 2.05) is 63.2 Å². The molecule has 2 N–H and O–H groups in total. The molecular formula is C21H25BrN2O2. The lowest BCUT2D eigenvalue weighted by Gasteiger charge is -2.25. The van der Waals surface area contributed by atoms with E-state index >= 15 is 0 Å². The van der Waals surface area contributed by atoms with Gasteiger partial charge in [0.05, 0.1) is 6.04 Å². The van der Waals surface area contributed by atoms with Crippen molar-refractivity contribution in [3.8, 4) is 0 Å². The molecule has 5 heteroatoms. The largest absolute Gasteiger partial charge is 0.348 e. The second-order valence-electron chi connectivity index (χ2n) is 6.48. The fourth-order valence-electron chi connectivity index (χ4n) is 2.65. The van der Waals surface area contributed by atoms with E-state index in [9.17, 15) is 9.59 Å². The molecule has 0 aliphatic rings. The molecule has 2 aromatic carbocycles. The molecule has 138 valence electrons. The molecule has 3 atom stereocenters. The summed E-state index contributed by atoms with van der Waals surface area (Å²) in [5.74, 6) is -0.374. The summed E-state index contributed by atoms with van der Waals surface area (Å²) in [5.41, 5.74) is 1.56. The van der Waals surface area contributed by atoms with Gasteiger partial charge in [-0.25, -0.2) is 0 Å². The summed E-state index contributed by atoms with van der Waals surface area (Å²) in [4.78, 5) is 25.3. The quantitative estimate of drug-likeness (QED) is 0.699. The molecule has 2 aromatic rings. The van der Waals surface area contributed by atoms with Crippen molar-refractivity contribution in [2.75, 3.05) is 0 Å². The van der Waals surface area contributed by atoms with Gasteiger partial charge < -0.3 is 10.6 Å². The summed E-state index contributed by atoms with van der Waals surface area (Å²) < 4.78 is 0.993. The smallest absolute Gasteiger partial charge is 0.251 e. The number of hydrogen-bond donors (Lipinski definition) is 2. The summed E-state index contributed by atoms with van der Waals surface area (Å²) >= 11 is 3.41. The summed E-state index contributed by atoms with van der Waals surface area (Å²) in [5, 5.41) is 5.91. The van der Waals surface area contributed by atoms with E-state index < -0.39 is 6.04 Å². The molecular weight excluding hydrogens is 392 g/mol. The van der Waals surface area contributed by atoms with Gasteiger partial charge in [-0.1, -0.05) is 66.5 Å². The van der Waals surface area contributed by atoms with Crippen LogP contribution < -0.4 is 10.6 Å². The van der Waals surface area contributed by atoms with Crippen LogP contribution in [0.2, 0.25) is 0 Å². The lowest BCUT2D eigenvalue weighted by Crippen LogP contribution is -2.50. The van der Waals surface area contributed by atoms with E-state index in [2.05, 4.69) is 26.6 Å². The summed E-state index contributed by atoms with van der Waals surface area (Å²) in [7, 11) is 0. The summed E-state index contributed by atoms with van der Waals surface area (Å²) in [6, 6.07) is 16.1. The van der Waals surface area contributed by atoms with Crippen molar-refractivity contribution in [3.05, 3.63) is 70.2 Å². The van der Waals surface area contributed by atoms with Crippen LogP contribution in [0.3, 0.4) is 0 Å². The van der Waals surface area contributed by atoms with Crippen molar-refractivity contribution in [1.82, 2.24) is 10.6 Å². The van der Waals surface area contributed by atoms with Gasteiger partial charge in [0.15, 0.2) is 0 Å². The lowest BCUT2D eigenvalue weighted by atomic mass is 9.97. The van der Waals surface area contributed by atoms with Gasteiger partial charge in [0.25, 0.3) is 5.91 Å². The summed E-state index contributed by atoms with van der Waals surface area (Å²) in [6.45, 7) is 5.92. The SMILES string of the molecule is CCC(C)C(NC(=O)c1ccccc1)C(=O)NC(C)c1ccc(Br)cc1. The fourth-order valence-corrected chi connectivity index (χ4v) is 2.92. The zero-order valence-corrected chi connectivity index (χ0v) is 16.9. The van der Waals surface area contributed by atoms with Gasteiger partial charge in [-0.2, -0.15) is 0 Å². The predicted octanol–water partition coefficient (Wildman–Crippen LogP) is 4.47. The Bertz CT molecular complexity index is 731. The molecule has 0 fully saturated rings. The zero-order valence-electron chi connectivity index (χ0n) is 15.3. The molecule has 0 heterocycles. The van der Waals surface area contributed by atoms with Gasteiger partial charge in [-0.15, -0.1) is 0 Å². The monoisotopic (exact) mass is 416 g/mol. The Balaban J connectivity index is 2.09. The Morgan fingerprint density at radius 3 is 2.15 bits per heavy atom. The number of benzene rings is 2. The third kappa shape index (κ3) is 5.43. The normalized spacial score (nSPS) is 14.2. The average Bonchev–Trinajstić information content (AvgIpc) is 2.66. The maximum Gasteiger partial charge on any atom is 0.251 e. The van der Waals surface area contributed by atoms with Gasteiger partial charge in [0, 0.05) is 10.0 Å². The van der Waals surface area contributed by atoms with E-state index in [1.54, 1.807) is 12.1 Å². The third-order valence-electron chi connectivity index (χ3n) is 4.55. The first-order valence-electron chi connectivity index (χ1n) is 8.84. The van der Waals surface area contributed by atoms with E-state index in [0.717, 1.165) is 16.5 Å². The Labute approximate surface area is 163 Å². The number of carbonyl (C=O) groups excluding carboxylic acids is 2. The number of hydrogen-bond acceptors (Lipinski definition) is 2. The lowest BCUT2D eigenvalue weighted by molar-refractivity contribution is -0.124. The van der Waals surface area contributed by atoms with Gasteiger partial charge in [-0.3, -0.25) is 9.59 Å². The van der Waals surface area contributed by atoms with Crippen LogP contribution in [0.15, 0.2) is 59.1 Å². The summed E-state index contributed by atoms with van der Waals surface area (Å²) in [6.07, 6.45) is 0.791. The van der Waals surface area contributed by atoms with Crippen LogP contribution >= 0.6 is 15.9 Å². The minimum atomic E-state index is -0.578. The molecule has 2 rings (SSSR count). The van der Waals surface area contributed by atoms with Crippen molar-refractivity contribution in [2.45, 2.75) is 39.3 Å². The first-order valence-corrected chi connectivity index (χ1v) is 9.63. The molecule has 0 saturated carbocycles. The molecule has 0 aliphatic carbocycles. The van der Waals surface area contributed by atoms with Crippen molar-refractivity contribution < 1.29 is 9.59 Å². The number of halogens is 1. The van der Waals surface area contributed by atoms with Crippen LogP contribution in [0.1, 0.15) is 49.2 Å². The van der Waals surface area contributed by atoms with Crippen LogP contribution in [-0.4, -0.2) is 17.9 Å². The Morgan fingerprint density at radius 1 is 0.962 bits per heavy atom. The van der Waals surface area contributed by atoms with Crippen molar-refractivity contribution >= 4 is 27.7 Å². The van der Waals surface area contributed by atoms with E-state index in [4.69, 9.17) is 0 Å². The minimum absolute atomic E-state index is 0.0276. The molecule has 2 amide bonds. The zero-order chi connectivity index (χ0) is 19.1. The van der Waals surface area contributed by atoms with Crippen molar-refractivity contribution in [1.29, 1.82) is 0 Å². The van der Waals surface area contributed by atoms with Gasteiger partial charge in [0.1, 0.15) is 6.04 Å². The van der Waals surface area contributed by atoms with E-state index in [0.29, 0.717) is 5.56 Å². The molecule has 0 bridgehead atoms.